The van der Waals surface area contributed by atoms with Crippen LogP contribution in [0.5, 0.6) is 0 Å². The average Bonchev–Trinajstić information content (AvgIpc) is 2.66. The molecule has 0 atom stereocenters. The minimum atomic E-state index is -0.471. The molecule has 7 heteroatoms. The van der Waals surface area contributed by atoms with Crippen LogP contribution in [0.3, 0.4) is 0 Å². The summed E-state index contributed by atoms with van der Waals surface area (Å²) in [4.78, 5) is 35.3. The number of halogens is 1. The Kier molecular flexibility index (Phi) is 7.58. The van der Waals surface area contributed by atoms with Crippen molar-refractivity contribution in [1.29, 1.82) is 0 Å². The second kappa shape index (κ2) is 10.1. The summed E-state index contributed by atoms with van der Waals surface area (Å²) in [7, 11) is 0. The minimum Gasteiger partial charge on any atom is -0.325 e. The van der Waals surface area contributed by atoms with Crippen molar-refractivity contribution in [1.82, 2.24) is 10.9 Å². The zero-order chi connectivity index (χ0) is 19.6. The molecule has 0 saturated carbocycles. The van der Waals surface area contributed by atoms with Crippen molar-refractivity contribution in [3.05, 3.63) is 70.8 Å². The molecule has 0 spiro atoms. The summed E-state index contributed by atoms with van der Waals surface area (Å²) in [5.74, 6) is -1.28. The van der Waals surface area contributed by atoms with Gasteiger partial charge in [0.25, 0.3) is 5.91 Å². The van der Waals surface area contributed by atoms with E-state index in [0.29, 0.717) is 10.7 Å². The first kappa shape index (κ1) is 20.2. The number of aryl methyl sites for hydroxylation is 1. The van der Waals surface area contributed by atoms with E-state index in [0.717, 1.165) is 11.1 Å². The Balaban J connectivity index is 1.69. The van der Waals surface area contributed by atoms with E-state index in [1.807, 2.05) is 31.2 Å². The Hall–Kier alpha value is -3.12. The molecule has 140 valence electrons. The molecule has 0 bridgehead atoms. The SMILES string of the molecule is Cc1ccc(C=CC(=O)NNC(=O)CCC(=O)Nc2ccccc2Cl)cc1. The summed E-state index contributed by atoms with van der Waals surface area (Å²) in [6, 6.07) is 14.5. The molecule has 0 saturated heterocycles. The maximum atomic E-state index is 11.8. The largest absolute Gasteiger partial charge is 0.325 e. The van der Waals surface area contributed by atoms with Crippen molar-refractivity contribution < 1.29 is 14.4 Å². The number of para-hydroxylation sites is 1. The predicted octanol–water partition coefficient (Wildman–Crippen LogP) is 3.23. The van der Waals surface area contributed by atoms with E-state index < -0.39 is 11.8 Å². The fourth-order valence-corrected chi connectivity index (χ4v) is 2.27. The lowest BCUT2D eigenvalue weighted by Gasteiger charge is -2.07. The van der Waals surface area contributed by atoms with Gasteiger partial charge in [-0.1, -0.05) is 53.6 Å². The smallest absolute Gasteiger partial charge is 0.262 e. The van der Waals surface area contributed by atoms with Gasteiger partial charge in [-0.15, -0.1) is 0 Å². The van der Waals surface area contributed by atoms with Gasteiger partial charge in [0, 0.05) is 18.9 Å². The highest BCUT2D eigenvalue weighted by molar-refractivity contribution is 6.33. The van der Waals surface area contributed by atoms with E-state index in [-0.39, 0.29) is 18.7 Å². The van der Waals surface area contributed by atoms with Crippen molar-refractivity contribution in [2.24, 2.45) is 0 Å². The number of anilines is 1. The molecule has 0 unspecified atom stereocenters. The summed E-state index contributed by atoms with van der Waals surface area (Å²) in [6.07, 6.45) is 2.84. The Labute approximate surface area is 162 Å². The van der Waals surface area contributed by atoms with Crippen LogP contribution >= 0.6 is 11.6 Å². The number of amides is 3. The number of hydrogen-bond donors (Lipinski definition) is 3. The van der Waals surface area contributed by atoms with Gasteiger partial charge in [-0.3, -0.25) is 25.2 Å². The third kappa shape index (κ3) is 7.33. The van der Waals surface area contributed by atoms with Crippen LogP contribution in [-0.2, 0) is 14.4 Å². The molecular formula is C20H20ClN3O3. The van der Waals surface area contributed by atoms with E-state index in [4.69, 9.17) is 11.6 Å². The van der Waals surface area contributed by atoms with Crippen LogP contribution in [0.4, 0.5) is 5.69 Å². The van der Waals surface area contributed by atoms with E-state index in [1.54, 1.807) is 30.3 Å². The predicted molar refractivity (Wildman–Crippen MR) is 106 cm³/mol. The highest BCUT2D eigenvalue weighted by atomic mass is 35.5. The molecule has 0 heterocycles. The van der Waals surface area contributed by atoms with Crippen LogP contribution in [0.25, 0.3) is 6.08 Å². The van der Waals surface area contributed by atoms with Crippen LogP contribution in [0.2, 0.25) is 5.02 Å². The molecule has 0 fully saturated rings. The highest BCUT2D eigenvalue weighted by Crippen LogP contribution is 2.20. The van der Waals surface area contributed by atoms with E-state index in [1.165, 1.54) is 6.08 Å². The topological polar surface area (TPSA) is 87.3 Å². The average molecular weight is 386 g/mol. The lowest BCUT2D eigenvalue weighted by atomic mass is 10.1. The standard InChI is InChI=1S/C20H20ClN3O3/c1-14-6-8-15(9-7-14)10-11-19(26)23-24-20(27)13-12-18(25)22-17-5-3-2-4-16(17)21/h2-11H,12-13H2,1H3,(H,22,25)(H,23,26)(H,24,27). The van der Waals surface area contributed by atoms with Crippen molar-refractivity contribution >= 4 is 41.1 Å². The zero-order valence-corrected chi connectivity index (χ0v) is 15.5. The molecule has 27 heavy (non-hydrogen) atoms. The summed E-state index contributed by atoms with van der Waals surface area (Å²) in [6.45, 7) is 1.98. The monoisotopic (exact) mass is 385 g/mol. The molecular weight excluding hydrogens is 366 g/mol. The lowest BCUT2D eigenvalue weighted by molar-refractivity contribution is -0.128. The van der Waals surface area contributed by atoms with Gasteiger partial charge in [0.1, 0.15) is 0 Å². The van der Waals surface area contributed by atoms with Crippen LogP contribution < -0.4 is 16.2 Å². The molecule has 2 aromatic carbocycles. The fourth-order valence-electron chi connectivity index (χ4n) is 2.09. The fraction of sp³-hybridized carbons (Fsp3) is 0.150. The number of nitrogens with one attached hydrogen (secondary N) is 3. The molecule has 0 radical (unpaired) electrons. The van der Waals surface area contributed by atoms with Crippen LogP contribution in [-0.4, -0.2) is 17.7 Å². The first-order valence-electron chi connectivity index (χ1n) is 8.32. The first-order chi connectivity index (χ1) is 12.9. The number of hydrogen-bond acceptors (Lipinski definition) is 3. The number of rotatable bonds is 6. The van der Waals surface area contributed by atoms with E-state index in [2.05, 4.69) is 16.2 Å². The van der Waals surface area contributed by atoms with Gasteiger partial charge in [-0.25, -0.2) is 0 Å². The van der Waals surface area contributed by atoms with Crippen LogP contribution in [0, 0.1) is 6.92 Å². The summed E-state index contributed by atoms with van der Waals surface area (Å²) in [5, 5.41) is 3.04. The zero-order valence-electron chi connectivity index (χ0n) is 14.8. The summed E-state index contributed by atoms with van der Waals surface area (Å²) < 4.78 is 0. The van der Waals surface area contributed by atoms with Gasteiger partial charge in [-0.05, 0) is 30.7 Å². The third-order valence-corrected chi connectivity index (χ3v) is 3.89. The van der Waals surface area contributed by atoms with E-state index in [9.17, 15) is 14.4 Å². The van der Waals surface area contributed by atoms with Crippen LogP contribution in [0.15, 0.2) is 54.6 Å². The number of hydrazine groups is 1. The number of carbonyl (C=O) groups excluding carboxylic acids is 3. The molecule has 6 nitrogen and oxygen atoms in total. The quantitative estimate of drug-likeness (QED) is 0.527. The second-order valence-corrected chi connectivity index (χ2v) is 6.22. The highest BCUT2D eigenvalue weighted by Gasteiger charge is 2.09. The molecule has 0 aliphatic carbocycles. The molecule has 0 aliphatic heterocycles. The number of carbonyl (C=O) groups is 3. The van der Waals surface area contributed by atoms with E-state index >= 15 is 0 Å². The maximum absolute atomic E-state index is 11.8. The molecule has 0 aliphatic rings. The summed E-state index contributed by atoms with van der Waals surface area (Å²) in [5.41, 5.74) is 7.02. The van der Waals surface area contributed by atoms with Gasteiger partial charge < -0.3 is 5.32 Å². The molecule has 3 N–H and O–H groups in total. The first-order valence-corrected chi connectivity index (χ1v) is 8.70. The lowest BCUT2D eigenvalue weighted by Crippen LogP contribution is -2.41. The number of benzene rings is 2. The molecule has 2 aromatic rings. The Morgan fingerprint density at radius 3 is 2.30 bits per heavy atom. The molecule has 0 aromatic heterocycles. The van der Waals surface area contributed by atoms with Crippen molar-refractivity contribution in [3.63, 3.8) is 0 Å². The minimum absolute atomic E-state index is 0.0356. The van der Waals surface area contributed by atoms with Gasteiger partial charge >= 0.3 is 0 Å². The normalized spacial score (nSPS) is 10.4. The maximum Gasteiger partial charge on any atom is 0.262 e. The van der Waals surface area contributed by atoms with Gasteiger partial charge in [0.15, 0.2) is 0 Å². The summed E-state index contributed by atoms with van der Waals surface area (Å²) >= 11 is 5.95. The molecule has 3 amide bonds. The third-order valence-electron chi connectivity index (χ3n) is 3.56. The van der Waals surface area contributed by atoms with Gasteiger partial charge in [-0.2, -0.15) is 0 Å². The van der Waals surface area contributed by atoms with Gasteiger partial charge in [0.05, 0.1) is 10.7 Å². The Morgan fingerprint density at radius 2 is 1.59 bits per heavy atom. The van der Waals surface area contributed by atoms with Gasteiger partial charge in [0.2, 0.25) is 11.8 Å². The Bertz CT molecular complexity index is 848. The van der Waals surface area contributed by atoms with Crippen molar-refractivity contribution in [2.75, 3.05) is 5.32 Å². The van der Waals surface area contributed by atoms with Crippen LogP contribution in [0.1, 0.15) is 24.0 Å². The van der Waals surface area contributed by atoms with Crippen molar-refractivity contribution in [2.45, 2.75) is 19.8 Å². The molecule has 2 rings (SSSR count). The Morgan fingerprint density at radius 1 is 0.926 bits per heavy atom. The second-order valence-electron chi connectivity index (χ2n) is 5.81. The van der Waals surface area contributed by atoms with Crippen molar-refractivity contribution in [3.8, 4) is 0 Å².